The summed E-state index contributed by atoms with van der Waals surface area (Å²) in [6.07, 6.45) is 3.16. The molecule has 0 fully saturated rings. The Balaban J connectivity index is 2.08. The van der Waals surface area contributed by atoms with Crippen molar-refractivity contribution in [3.8, 4) is 0 Å². The van der Waals surface area contributed by atoms with Gasteiger partial charge in [-0.15, -0.1) is 0 Å². The molecule has 0 amide bonds. The highest BCUT2D eigenvalue weighted by atomic mass is 79.9. The van der Waals surface area contributed by atoms with Gasteiger partial charge in [0.25, 0.3) is 0 Å². The van der Waals surface area contributed by atoms with Crippen LogP contribution in [0.5, 0.6) is 0 Å². The molecule has 1 aromatic carbocycles. The van der Waals surface area contributed by atoms with Gasteiger partial charge in [0.2, 0.25) is 0 Å². The van der Waals surface area contributed by atoms with Gasteiger partial charge in [-0.2, -0.15) is 0 Å². The van der Waals surface area contributed by atoms with Crippen LogP contribution in [0, 0.1) is 0 Å². The molecular weight excluding hydrogens is 298 g/mol. The monoisotopic (exact) mass is 307 g/mol. The van der Waals surface area contributed by atoms with Gasteiger partial charge in [-0.25, -0.2) is 14.8 Å². The van der Waals surface area contributed by atoms with Crippen LogP contribution in [-0.4, -0.2) is 21.0 Å². The molecule has 0 aliphatic carbocycles. The predicted molar refractivity (Wildman–Crippen MR) is 70.5 cm³/mol. The van der Waals surface area contributed by atoms with Crippen molar-refractivity contribution in [2.45, 2.75) is 6.54 Å². The van der Waals surface area contributed by atoms with E-state index in [1.165, 1.54) is 6.33 Å². The Labute approximate surface area is 112 Å². The zero-order valence-electron chi connectivity index (χ0n) is 9.30. The van der Waals surface area contributed by atoms with Gasteiger partial charge >= 0.3 is 5.97 Å². The van der Waals surface area contributed by atoms with E-state index in [0.717, 1.165) is 11.4 Å². The molecule has 0 bridgehead atoms. The van der Waals surface area contributed by atoms with Crippen molar-refractivity contribution < 1.29 is 9.90 Å². The van der Waals surface area contributed by atoms with Crippen molar-refractivity contribution in [1.29, 1.82) is 0 Å². The molecule has 2 rings (SSSR count). The van der Waals surface area contributed by atoms with Gasteiger partial charge in [-0.05, 0) is 40.2 Å². The smallest absolute Gasteiger partial charge is 0.335 e. The lowest BCUT2D eigenvalue weighted by atomic mass is 10.2. The van der Waals surface area contributed by atoms with Crippen LogP contribution >= 0.6 is 15.9 Å². The molecule has 0 saturated heterocycles. The predicted octanol–water partition coefficient (Wildman–Crippen LogP) is 2.55. The quantitative estimate of drug-likeness (QED) is 0.908. The largest absolute Gasteiger partial charge is 0.478 e. The van der Waals surface area contributed by atoms with E-state index in [-0.39, 0.29) is 5.56 Å². The SMILES string of the molecule is O=C(O)c1ccc(NCc2ccncn2)c(Br)c1. The lowest BCUT2D eigenvalue weighted by Crippen LogP contribution is -2.03. The average molecular weight is 308 g/mol. The van der Waals surface area contributed by atoms with E-state index in [9.17, 15) is 4.79 Å². The van der Waals surface area contributed by atoms with Gasteiger partial charge in [0.05, 0.1) is 17.8 Å². The Morgan fingerprint density at radius 1 is 1.39 bits per heavy atom. The van der Waals surface area contributed by atoms with Crippen LogP contribution < -0.4 is 5.32 Å². The van der Waals surface area contributed by atoms with E-state index in [4.69, 9.17) is 5.11 Å². The number of halogens is 1. The number of nitrogens with zero attached hydrogens (tertiary/aromatic N) is 2. The van der Waals surface area contributed by atoms with E-state index in [2.05, 4.69) is 31.2 Å². The zero-order chi connectivity index (χ0) is 13.0. The second-order valence-electron chi connectivity index (χ2n) is 3.55. The molecule has 92 valence electrons. The van der Waals surface area contributed by atoms with Crippen LogP contribution in [0.2, 0.25) is 0 Å². The Morgan fingerprint density at radius 2 is 2.22 bits per heavy atom. The van der Waals surface area contributed by atoms with E-state index in [0.29, 0.717) is 11.0 Å². The van der Waals surface area contributed by atoms with E-state index < -0.39 is 5.97 Å². The summed E-state index contributed by atoms with van der Waals surface area (Å²) in [6.45, 7) is 0.549. The summed E-state index contributed by atoms with van der Waals surface area (Å²) in [5.41, 5.74) is 1.92. The van der Waals surface area contributed by atoms with Crippen molar-refractivity contribution in [3.05, 3.63) is 52.5 Å². The van der Waals surface area contributed by atoms with Crippen molar-refractivity contribution >= 4 is 27.6 Å². The number of benzene rings is 1. The minimum absolute atomic E-state index is 0.245. The molecule has 18 heavy (non-hydrogen) atoms. The van der Waals surface area contributed by atoms with Crippen LogP contribution in [0.4, 0.5) is 5.69 Å². The summed E-state index contributed by atoms with van der Waals surface area (Å²) in [5, 5.41) is 12.0. The highest BCUT2D eigenvalue weighted by molar-refractivity contribution is 9.10. The lowest BCUT2D eigenvalue weighted by Gasteiger charge is -2.08. The van der Waals surface area contributed by atoms with Crippen molar-refractivity contribution in [2.24, 2.45) is 0 Å². The number of hydrogen-bond donors (Lipinski definition) is 2. The molecule has 0 unspecified atom stereocenters. The topological polar surface area (TPSA) is 75.1 Å². The minimum atomic E-state index is -0.946. The fourth-order valence-corrected chi connectivity index (χ4v) is 1.92. The third-order valence-electron chi connectivity index (χ3n) is 2.32. The van der Waals surface area contributed by atoms with Crippen molar-refractivity contribution in [2.75, 3.05) is 5.32 Å². The number of hydrogen-bond acceptors (Lipinski definition) is 4. The molecule has 0 radical (unpaired) electrons. The summed E-state index contributed by atoms with van der Waals surface area (Å²) in [6, 6.07) is 6.64. The molecule has 2 N–H and O–H groups in total. The van der Waals surface area contributed by atoms with Gasteiger partial charge in [0.1, 0.15) is 6.33 Å². The number of carbonyl (C=O) groups is 1. The molecule has 0 saturated carbocycles. The second-order valence-corrected chi connectivity index (χ2v) is 4.41. The van der Waals surface area contributed by atoms with Crippen LogP contribution in [0.1, 0.15) is 16.1 Å². The molecule has 0 aliphatic heterocycles. The standard InChI is InChI=1S/C12H10BrN3O2/c13-10-5-8(12(17)18)1-2-11(10)15-6-9-3-4-14-7-16-9/h1-5,7,15H,6H2,(H,17,18). The summed E-state index contributed by atoms with van der Waals surface area (Å²) in [4.78, 5) is 18.7. The summed E-state index contributed by atoms with van der Waals surface area (Å²) in [7, 11) is 0. The number of aromatic nitrogens is 2. The molecule has 0 aliphatic rings. The van der Waals surface area contributed by atoms with E-state index >= 15 is 0 Å². The van der Waals surface area contributed by atoms with Crippen LogP contribution in [0.25, 0.3) is 0 Å². The maximum Gasteiger partial charge on any atom is 0.335 e. The molecular formula is C12H10BrN3O2. The van der Waals surface area contributed by atoms with Gasteiger partial charge < -0.3 is 10.4 Å². The summed E-state index contributed by atoms with van der Waals surface area (Å²) >= 11 is 3.33. The summed E-state index contributed by atoms with van der Waals surface area (Å²) in [5.74, 6) is -0.946. The zero-order valence-corrected chi connectivity index (χ0v) is 10.9. The number of nitrogens with one attached hydrogen (secondary N) is 1. The molecule has 5 nitrogen and oxygen atoms in total. The Hall–Kier alpha value is -1.95. The fraction of sp³-hybridized carbons (Fsp3) is 0.0833. The normalized spacial score (nSPS) is 10.1. The molecule has 0 spiro atoms. The molecule has 6 heteroatoms. The first-order valence-corrected chi connectivity index (χ1v) is 5.98. The molecule has 2 aromatic rings. The number of aromatic carboxylic acids is 1. The first-order valence-electron chi connectivity index (χ1n) is 5.18. The maximum atomic E-state index is 10.8. The molecule has 0 atom stereocenters. The Kier molecular flexibility index (Phi) is 3.88. The van der Waals surface area contributed by atoms with Gasteiger partial charge in [-0.1, -0.05) is 0 Å². The maximum absolute atomic E-state index is 10.8. The number of rotatable bonds is 4. The van der Waals surface area contributed by atoms with E-state index in [1.54, 1.807) is 24.4 Å². The third kappa shape index (κ3) is 3.04. The van der Waals surface area contributed by atoms with Crippen LogP contribution in [-0.2, 0) is 6.54 Å². The Bertz CT molecular complexity index is 561. The first kappa shape index (κ1) is 12.5. The third-order valence-corrected chi connectivity index (χ3v) is 2.98. The van der Waals surface area contributed by atoms with Crippen LogP contribution in [0.15, 0.2) is 41.3 Å². The Morgan fingerprint density at radius 3 is 2.83 bits per heavy atom. The highest BCUT2D eigenvalue weighted by Crippen LogP contribution is 2.24. The first-order chi connectivity index (χ1) is 8.66. The minimum Gasteiger partial charge on any atom is -0.478 e. The van der Waals surface area contributed by atoms with Gasteiger partial charge in [-0.3, -0.25) is 0 Å². The van der Waals surface area contributed by atoms with Gasteiger partial charge in [0.15, 0.2) is 0 Å². The van der Waals surface area contributed by atoms with Crippen molar-refractivity contribution in [1.82, 2.24) is 9.97 Å². The van der Waals surface area contributed by atoms with Crippen molar-refractivity contribution in [3.63, 3.8) is 0 Å². The number of carboxylic acids is 1. The highest BCUT2D eigenvalue weighted by Gasteiger charge is 2.06. The van der Waals surface area contributed by atoms with Gasteiger partial charge in [0, 0.05) is 16.4 Å². The van der Waals surface area contributed by atoms with E-state index in [1.807, 2.05) is 6.07 Å². The summed E-state index contributed by atoms with van der Waals surface area (Å²) < 4.78 is 0.705. The van der Waals surface area contributed by atoms with Crippen LogP contribution in [0.3, 0.4) is 0 Å². The number of carboxylic acid groups (broad SMARTS) is 1. The molecule has 1 aromatic heterocycles. The number of anilines is 1. The second kappa shape index (κ2) is 5.59. The average Bonchev–Trinajstić information content (AvgIpc) is 2.38. The lowest BCUT2D eigenvalue weighted by molar-refractivity contribution is 0.0697. The molecule has 1 heterocycles. The fourth-order valence-electron chi connectivity index (χ4n) is 1.40.